The Kier molecular flexibility index (Phi) is 4.24. The average Bonchev–Trinajstić information content (AvgIpc) is 2.81. The van der Waals surface area contributed by atoms with Gasteiger partial charge in [-0.2, -0.15) is 0 Å². The molecule has 2 heterocycles. The molecule has 2 aliphatic rings. The molecular weight excluding hydrogens is 280 g/mol. The molecule has 1 aromatic carbocycles. The number of hydrogen-bond acceptors (Lipinski definition) is 4. The predicted octanol–water partition coefficient (Wildman–Crippen LogP) is 1.51. The molecule has 0 unspecified atom stereocenters. The lowest BCUT2D eigenvalue weighted by Crippen LogP contribution is -2.40. The smallest absolute Gasteiger partial charge is 0.277 e. The van der Waals surface area contributed by atoms with Gasteiger partial charge in [-0.1, -0.05) is 37.3 Å². The van der Waals surface area contributed by atoms with Gasteiger partial charge in [0.05, 0.1) is 18.8 Å². The third-order valence-electron chi connectivity index (χ3n) is 3.98. The zero-order valence-electron chi connectivity index (χ0n) is 12.7. The van der Waals surface area contributed by atoms with E-state index in [1.807, 2.05) is 42.2 Å². The maximum atomic E-state index is 12.8. The summed E-state index contributed by atoms with van der Waals surface area (Å²) in [6, 6.07) is 9.45. The number of benzene rings is 1. The minimum absolute atomic E-state index is 0.174. The standard InChI is InChI=1S/C17H20N2O3/c1-2-8-19-16(20)14(13-6-4-3-5-7-13)15(17(19)21)18-9-11-22-12-10-18/h3-7H,2,8-12H2,1H3. The summed E-state index contributed by atoms with van der Waals surface area (Å²) in [5.74, 6) is -0.354. The van der Waals surface area contributed by atoms with Crippen molar-refractivity contribution in [2.24, 2.45) is 0 Å². The van der Waals surface area contributed by atoms with E-state index in [2.05, 4.69) is 0 Å². The van der Waals surface area contributed by atoms with Crippen LogP contribution in [-0.2, 0) is 14.3 Å². The second kappa shape index (κ2) is 6.32. The number of rotatable bonds is 4. The van der Waals surface area contributed by atoms with Gasteiger partial charge in [0.25, 0.3) is 11.8 Å². The Morgan fingerprint density at radius 2 is 1.73 bits per heavy atom. The summed E-state index contributed by atoms with van der Waals surface area (Å²) in [6.45, 7) is 4.88. The zero-order chi connectivity index (χ0) is 15.5. The van der Waals surface area contributed by atoms with E-state index in [4.69, 9.17) is 4.74 Å². The van der Waals surface area contributed by atoms with Crippen molar-refractivity contribution in [3.63, 3.8) is 0 Å². The number of carbonyl (C=O) groups is 2. The van der Waals surface area contributed by atoms with Crippen molar-refractivity contribution in [2.75, 3.05) is 32.8 Å². The molecule has 0 spiro atoms. The third-order valence-corrected chi connectivity index (χ3v) is 3.98. The monoisotopic (exact) mass is 300 g/mol. The lowest BCUT2D eigenvalue weighted by Gasteiger charge is -2.29. The Labute approximate surface area is 130 Å². The number of morpholine rings is 1. The highest BCUT2D eigenvalue weighted by atomic mass is 16.5. The van der Waals surface area contributed by atoms with Crippen LogP contribution in [0, 0.1) is 0 Å². The molecule has 1 saturated heterocycles. The van der Waals surface area contributed by atoms with Gasteiger partial charge in [0, 0.05) is 19.6 Å². The summed E-state index contributed by atoms with van der Waals surface area (Å²) in [5, 5.41) is 0. The Bertz CT molecular complexity index is 604. The van der Waals surface area contributed by atoms with E-state index in [0.717, 1.165) is 12.0 Å². The van der Waals surface area contributed by atoms with E-state index in [0.29, 0.717) is 44.1 Å². The molecule has 0 N–H and O–H groups in total. The van der Waals surface area contributed by atoms with E-state index in [-0.39, 0.29) is 11.8 Å². The molecule has 1 fully saturated rings. The van der Waals surface area contributed by atoms with Gasteiger partial charge in [-0.05, 0) is 12.0 Å². The summed E-state index contributed by atoms with van der Waals surface area (Å²) in [4.78, 5) is 28.9. The largest absolute Gasteiger partial charge is 0.378 e. The molecule has 3 rings (SSSR count). The van der Waals surface area contributed by atoms with Crippen LogP contribution in [0.2, 0.25) is 0 Å². The number of ether oxygens (including phenoxy) is 1. The fraction of sp³-hybridized carbons (Fsp3) is 0.412. The van der Waals surface area contributed by atoms with Crippen molar-refractivity contribution in [3.05, 3.63) is 41.6 Å². The van der Waals surface area contributed by atoms with Crippen molar-refractivity contribution in [1.29, 1.82) is 0 Å². The van der Waals surface area contributed by atoms with Crippen LogP contribution < -0.4 is 0 Å². The number of amides is 2. The fourth-order valence-electron chi connectivity index (χ4n) is 2.94. The molecule has 2 amide bonds. The molecule has 22 heavy (non-hydrogen) atoms. The van der Waals surface area contributed by atoms with E-state index in [1.165, 1.54) is 4.90 Å². The lowest BCUT2D eigenvalue weighted by atomic mass is 10.0. The molecule has 5 nitrogen and oxygen atoms in total. The van der Waals surface area contributed by atoms with Gasteiger partial charge in [0.2, 0.25) is 0 Å². The molecular formula is C17H20N2O3. The van der Waals surface area contributed by atoms with Gasteiger partial charge in [-0.15, -0.1) is 0 Å². The maximum absolute atomic E-state index is 12.8. The SMILES string of the molecule is CCCN1C(=O)C(c2ccccc2)=C(N2CCOCC2)C1=O. The first-order valence-electron chi connectivity index (χ1n) is 7.72. The summed E-state index contributed by atoms with van der Waals surface area (Å²) in [5.41, 5.74) is 1.87. The predicted molar refractivity (Wildman–Crippen MR) is 82.8 cm³/mol. The zero-order valence-corrected chi connectivity index (χ0v) is 12.7. The quantitative estimate of drug-likeness (QED) is 0.791. The Morgan fingerprint density at radius 1 is 1.05 bits per heavy atom. The van der Waals surface area contributed by atoms with Crippen LogP contribution in [0.1, 0.15) is 18.9 Å². The molecule has 0 atom stereocenters. The van der Waals surface area contributed by atoms with Gasteiger partial charge in [0.1, 0.15) is 5.70 Å². The minimum atomic E-state index is -0.181. The Morgan fingerprint density at radius 3 is 2.36 bits per heavy atom. The second-order valence-electron chi connectivity index (χ2n) is 5.45. The molecule has 1 aromatic rings. The Hall–Kier alpha value is -2.14. The molecule has 5 heteroatoms. The molecule has 0 saturated carbocycles. The Balaban J connectivity index is 2.05. The van der Waals surface area contributed by atoms with Crippen molar-refractivity contribution < 1.29 is 14.3 Å². The number of nitrogens with zero attached hydrogens (tertiary/aromatic N) is 2. The van der Waals surface area contributed by atoms with Crippen molar-refractivity contribution in [1.82, 2.24) is 9.80 Å². The highest BCUT2D eigenvalue weighted by molar-refractivity contribution is 6.35. The van der Waals surface area contributed by atoms with Gasteiger partial charge in [-0.25, -0.2) is 0 Å². The topological polar surface area (TPSA) is 49.9 Å². The first-order valence-corrected chi connectivity index (χ1v) is 7.72. The first kappa shape index (κ1) is 14.8. The summed E-state index contributed by atoms with van der Waals surface area (Å²) in [7, 11) is 0. The van der Waals surface area contributed by atoms with E-state index in [9.17, 15) is 9.59 Å². The summed E-state index contributed by atoms with van der Waals surface area (Å²) in [6.07, 6.45) is 0.760. The third kappa shape index (κ3) is 2.52. The van der Waals surface area contributed by atoms with Crippen molar-refractivity contribution in [2.45, 2.75) is 13.3 Å². The van der Waals surface area contributed by atoms with Crippen LogP contribution in [0.3, 0.4) is 0 Å². The minimum Gasteiger partial charge on any atom is -0.378 e. The van der Waals surface area contributed by atoms with Gasteiger partial charge < -0.3 is 9.64 Å². The van der Waals surface area contributed by atoms with Crippen LogP contribution in [0.4, 0.5) is 0 Å². The van der Waals surface area contributed by atoms with Crippen LogP contribution in [-0.4, -0.2) is 54.5 Å². The van der Waals surface area contributed by atoms with Crippen LogP contribution in [0.5, 0.6) is 0 Å². The molecule has 0 bridgehead atoms. The molecule has 2 aliphatic heterocycles. The summed E-state index contributed by atoms with van der Waals surface area (Å²) >= 11 is 0. The van der Waals surface area contributed by atoms with E-state index < -0.39 is 0 Å². The fourth-order valence-corrected chi connectivity index (χ4v) is 2.94. The van der Waals surface area contributed by atoms with Crippen molar-refractivity contribution >= 4 is 17.4 Å². The second-order valence-corrected chi connectivity index (χ2v) is 5.45. The van der Waals surface area contributed by atoms with E-state index in [1.54, 1.807) is 0 Å². The van der Waals surface area contributed by atoms with E-state index >= 15 is 0 Å². The van der Waals surface area contributed by atoms with Crippen molar-refractivity contribution in [3.8, 4) is 0 Å². The summed E-state index contributed by atoms with van der Waals surface area (Å²) < 4.78 is 5.36. The molecule has 116 valence electrons. The molecule has 0 aromatic heterocycles. The maximum Gasteiger partial charge on any atom is 0.277 e. The van der Waals surface area contributed by atoms with Crippen LogP contribution >= 0.6 is 0 Å². The number of hydrogen-bond donors (Lipinski definition) is 0. The van der Waals surface area contributed by atoms with Crippen LogP contribution in [0.25, 0.3) is 5.57 Å². The first-order chi connectivity index (χ1) is 10.7. The highest BCUT2D eigenvalue weighted by Gasteiger charge is 2.41. The normalized spacial score (nSPS) is 19.3. The average molecular weight is 300 g/mol. The lowest BCUT2D eigenvalue weighted by molar-refractivity contribution is -0.137. The van der Waals surface area contributed by atoms with Gasteiger partial charge >= 0.3 is 0 Å². The molecule has 0 radical (unpaired) electrons. The van der Waals surface area contributed by atoms with Crippen LogP contribution in [0.15, 0.2) is 36.0 Å². The van der Waals surface area contributed by atoms with Gasteiger partial charge in [-0.3, -0.25) is 14.5 Å². The number of imide groups is 1. The number of carbonyl (C=O) groups excluding carboxylic acids is 2. The molecule has 0 aliphatic carbocycles. The van der Waals surface area contributed by atoms with Gasteiger partial charge in [0.15, 0.2) is 0 Å². The highest BCUT2D eigenvalue weighted by Crippen LogP contribution is 2.31.